The number of fused-ring (bicyclic) bond motifs is 1. The molecule has 1 aromatic rings. The zero-order chi connectivity index (χ0) is 15.4. The molecule has 0 spiro atoms. The first-order valence-electron chi connectivity index (χ1n) is 7.68. The van der Waals surface area contributed by atoms with Crippen molar-refractivity contribution in [2.24, 2.45) is 5.92 Å². The van der Waals surface area contributed by atoms with Crippen LogP contribution in [0.3, 0.4) is 0 Å². The number of carbonyl (C=O) groups excluding carboxylic acids is 2. The van der Waals surface area contributed by atoms with Crippen LogP contribution < -0.4 is 10.2 Å². The van der Waals surface area contributed by atoms with Gasteiger partial charge in [-0.1, -0.05) is 32.0 Å². The van der Waals surface area contributed by atoms with E-state index in [1.54, 1.807) is 11.8 Å². The molecule has 21 heavy (non-hydrogen) atoms. The summed E-state index contributed by atoms with van der Waals surface area (Å²) in [5, 5.41) is 2.92. The molecular weight excluding hydrogens is 264 g/mol. The second-order valence-corrected chi connectivity index (χ2v) is 6.06. The number of anilines is 1. The maximum atomic E-state index is 12.4. The van der Waals surface area contributed by atoms with E-state index >= 15 is 0 Å². The molecule has 1 unspecified atom stereocenters. The van der Waals surface area contributed by atoms with Gasteiger partial charge in [0.2, 0.25) is 11.8 Å². The molecule has 2 rings (SSSR count). The summed E-state index contributed by atoms with van der Waals surface area (Å²) >= 11 is 0. The van der Waals surface area contributed by atoms with Gasteiger partial charge in [0.05, 0.1) is 0 Å². The molecule has 1 aromatic carbocycles. The van der Waals surface area contributed by atoms with E-state index in [1.165, 1.54) is 0 Å². The lowest BCUT2D eigenvalue weighted by Gasteiger charge is -2.29. The first-order chi connectivity index (χ1) is 10.0. The molecule has 1 aliphatic rings. The Hall–Kier alpha value is -1.84. The third kappa shape index (κ3) is 3.63. The predicted octanol–water partition coefficient (Wildman–Crippen LogP) is 2.52. The topological polar surface area (TPSA) is 49.4 Å². The van der Waals surface area contributed by atoms with Crippen molar-refractivity contribution in [1.82, 2.24) is 5.32 Å². The van der Waals surface area contributed by atoms with Crippen LogP contribution >= 0.6 is 0 Å². The largest absolute Gasteiger partial charge is 0.354 e. The molecular formula is C17H24N2O2. The van der Waals surface area contributed by atoms with Gasteiger partial charge in [-0.05, 0) is 37.3 Å². The van der Waals surface area contributed by atoms with Gasteiger partial charge in [-0.25, -0.2) is 0 Å². The van der Waals surface area contributed by atoms with Gasteiger partial charge in [-0.3, -0.25) is 14.5 Å². The third-order valence-electron chi connectivity index (χ3n) is 3.81. The van der Waals surface area contributed by atoms with Gasteiger partial charge in [0, 0.05) is 18.7 Å². The van der Waals surface area contributed by atoms with Gasteiger partial charge in [0.15, 0.2) is 0 Å². The molecule has 0 fully saturated rings. The predicted molar refractivity (Wildman–Crippen MR) is 84.2 cm³/mol. The lowest BCUT2D eigenvalue weighted by Crippen LogP contribution is -2.48. The smallest absolute Gasteiger partial charge is 0.242 e. The summed E-state index contributed by atoms with van der Waals surface area (Å²) in [7, 11) is 0. The fourth-order valence-electron chi connectivity index (χ4n) is 2.64. The number of rotatable bonds is 4. The number of aryl methyl sites for hydroxylation is 1. The third-order valence-corrected chi connectivity index (χ3v) is 3.81. The van der Waals surface area contributed by atoms with Crippen molar-refractivity contribution < 1.29 is 9.59 Å². The molecule has 0 radical (unpaired) electrons. The van der Waals surface area contributed by atoms with E-state index in [0.717, 1.165) is 24.1 Å². The fourth-order valence-corrected chi connectivity index (χ4v) is 2.64. The van der Waals surface area contributed by atoms with E-state index in [-0.39, 0.29) is 11.8 Å². The number of para-hydroxylation sites is 1. The molecule has 0 saturated carbocycles. The van der Waals surface area contributed by atoms with E-state index in [0.29, 0.717) is 18.9 Å². The minimum absolute atomic E-state index is 0.0344. The van der Waals surface area contributed by atoms with Gasteiger partial charge in [0.25, 0.3) is 0 Å². The Balaban J connectivity index is 2.23. The summed E-state index contributed by atoms with van der Waals surface area (Å²) in [6.07, 6.45) is 2.22. The Kier molecular flexibility index (Phi) is 4.99. The van der Waals surface area contributed by atoms with Crippen LogP contribution in [0.25, 0.3) is 0 Å². The van der Waals surface area contributed by atoms with Crippen molar-refractivity contribution in [2.45, 2.75) is 46.1 Å². The molecule has 0 aromatic heterocycles. The maximum Gasteiger partial charge on any atom is 0.242 e. The van der Waals surface area contributed by atoms with Crippen molar-refractivity contribution in [2.75, 3.05) is 11.4 Å². The van der Waals surface area contributed by atoms with Gasteiger partial charge in [0.1, 0.15) is 6.04 Å². The van der Waals surface area contributed by atoms with Crippen molar-refractivity contribution in [3.63, 3.8) is 0 Å². The average molecular weight is 288 g/mol. The van der Waals surface area contributed by atoms with Crippen LogP contribution in [0.4, 0.5) is 5.69 Å². The minimum Gasteiger partial charge on any atom is -0.354 e. The van der Waals surface area contributed by atoms with Crippen molar-refractivity contribution >= 4 is 17.5 Å². The van der Waals surface area contributed by atoms with Crippen molar-refractivity contribution in [3.8, 4) is 0 Å². The second kappa shape index (κ2) is 6.74. The number of amides is 2. The van der Waals surface area contributed by atoms with Gasteiger partial charge >= 0.3 is 0 Å². The van der Waals surface area contributed by atoms with Crippen molar-refractivity contribution in [3.05, 3.63) is 29.8 Å². The van der Waals surface area contributed by atoms with E-state index in [1.807, 2.05) is 24.3 Å². The Morgan fingerprint density at radius 3 is 2.67 bits per heavy atom. The standard InChI is InChI=1S/C17H24N2O2/c1-12(2)11-18-17(21)13(3)19-15-9-5-4-7-14(15)8-6-10-16(19)20/h4-5,7,9,12-13H,6,8,10-11H2,1-3H3,(H,18,21). The quantitative estimate of drug-likeness (QED) is 0.925. The molecule has 4 heteroatoms. The van der Waals surface area contributed by atoms with E-state index in [4.69, 9.17) is 0 Å². The van der Waals surface area contributed by atoms with Gasteiger partial charge in [-0.15, -0.1) is 0 Å². The van der Waals surface area contributed by atoms with Crippen LogP contribution in [0, 0.1) is 5.92 Å². The number of hydrogen-bond acceptors (Lipinski definition) is 2. The van der Waals surface area contributed by atoms with Crippen LogP contribution in [0.15, 0.2) is 24.3 Å². The molecule has 4 nitrogen and oxygen atoms in total. The number of nitrogens with one attached hydrogen (secondary N) is 1. The Morgan fingerprint density at radius 2 is 1.95 bits per heavy atom. The molecule has 1 heterocycles. The van der Waals surface area contributed by atoms with Crippen LogP contribution in [0.5, 0.6) is 0 Å². The SMILES string of the molecule is CC(C)CNC(=O)C(C)N1C(=O)CCCc2ccccc21. The highest BCUT2D eigenvalue weighted by atomic mass is 16.2. The summed E-state index contributed by atoms with van der Waals surface area (Å²) < 4.78 is 0. The Bertz CT molecular complexity index is 525. The van der Waals surface area contributed by atoms with E-state index in [2.05, 4.69) is 19.2 Å². The molecule has 0 aliphatic carbocycles. The average Bonchev–Trinajstić information content (AvgIpc) is 2.62. The summed E-state index contributed by atoms with van der Waals surface area (Å²) in [5.41, 5.74) is 2.03. The Morgan fingerprint density at radius 1 is 1.24 bits per heavy atom. The minimum atomic E-state index is -0.476. The summed E-state index contributed by atoms with van der Waals surface area (Å²) in [6, 6.07) is 7.40. The lowest BCUT2D eigenvalue weighted by molar-refractivity contribution is -0.126. The first kappa shape index (κ1) is 15.5. The number of nitrogens with zero attached hydrogens (tertiary/aromatic N) is 1. The highest BCUT2D eigenvalue weighted by Crippen LogP contribution is 2.28. The number of carbonyl (C=O) groups is 2. The summed E-state index contributed by atoms with van der Waals surface area (Å²) in [4.78, 5) is 26.4. The molecule has 1 aliphatic heterocycles. The second-order valence-electron chi connectivity index (χ2n) is 6.06. The van der Waals surface area contributed by atoms with Crippen LogP contribution in [-0.4, -0.2) is 24.4 Å². The first-order valence-corrected chi connectivity index (χ1v) is 7.68. The molecule has 0 bridgehead atoms. The molecule has 2 amide bonds. The van der Waals surface area contributed by atoms with Crippen LogP contribution in [0.2, 0.25) is 0 Å². The zero-order valence-electron chi connectivity index (χ0n) is 13.1. The van der Waals surface area contributed by atoms with E-state index < -0.39 is 6.04 Å². The summed E-state index contributed by atoms with van der Waals surface area (Å²) in [5.74, 6) is 0.342. The number of benzene rings is 1. The monoisotopic (exact) mass is 288 g/mol. The van der Waals surface area contributed by atoms with Gasteiger partial charge in [-0.2, -0.15) is 0 Å². The molecule has 0 saturated heterocycles. The molecule has 1 atom stereocenters. The molecule has 1 N–H and O–H groups in total. The number of hydrogen-bond donors (Lipinski definition) is 1. The van der Waals surface area contributed by atoms with Crippen LogP contribution in [-0.2, 0) is 16.0 Å². The van der Waals surface area contributed by atoms with Crippen LogP contribution in [0.1, 0.15) is 39.2 Å². The summed E-state index contributed by atoms with van der Waals surface area (Å²) in [6.45, 7) is 6.54. The van der Waals surface area contributed by atoms with Gasteiger partial charge < -0.3 is 5.32 Å². The highest BCUT2D eigenvalue weighted by Gasteiger charge is 2.30. The normalized spacial score (nSPS) is 16.4. The fraction of sp³-hybridized carbons (Fsp3) is 0.529. The lowest BCUT2D eigenvalue weighted by atomic mass is 10.1. The van der Waals surface area contributed by atoms with E-state index in [9.17, 15) is 9.59 Å². The Labute approximate surface area is 126 Å². The zero-order valence-corrected chi connectivity index (χ0v) is 13.1. The highest BCUT2D eigenvalue weighted by molar-refractivity contribution is 6.01. The van der Waals surface area contributed by atoms with Crippen molar-refractivity contribution in [1.29, 1.82) is 0 Å². The molecule has 114 valence electrons. The maximum absolute atomic E-state index is 12.4.